The predicted molar refractivity (Wildman–Crippen MR) is 67.0 cm³/mol. The second-order valence-corrected chi connectivity index (χ2v) is 6.22. The van der Waals surface area contributed by atoms with Gasteiger partial charge in [-0.3, -0.25) is 0 Å². The highest BCUT2D eigenvalue weighted by Gasteiger charge is 2.63. The average Bonchev–Trinajstić information content (AvgIpc) is 2.64. The summed E-state index contributed by atoms with van der Waals surface area (Å²) in [6.07, 6.45) is 5.47. The number of hydrogen-bond acceptors (Lipinski definition) is 5. The molecule has 19 heavy (non-hydrogen) atoms. The fourth-order valence-corrected chi connectivity index (χ4v) is 4.12. The molecule has 2 bridgehead atoms. The van der Waals surface area contributed by atoms with E-state index in [0.29, 0.717) is 12.3 Å². The molecule has 0 amide bonds. The van der Waals surface area contributed by atoms with Crippen LogP contribution in [0.25, 0.3) is 0 Å². The van der Waals surface area contributed by atoms with E-state index >= 15 is 0 Å². The lowest BCUT2D eigenvalue weighted by atomic mass is 9.65. The number of methoxy groups -OCH3 is 1. The van der Waals surface area contributed by atoms with Crippen molar-refractivity contribution in [2.24, 2.45) is 11.8 Å². The Morgan fingerprint density at radius 1 is 1.26 bits per heavy atom. The lowest BCUT2D eigenvalue weighted by molar-refractivity contribution is -0.554. The van der Waals surface area contributed by atoms with E-state index in [-0.39, 0.29) is 12.5 Å². The second kappa shape index (κ2) is 4.97. The minimum absolute atomic E-state index is 0.163. The first-order valence-electron chi connectivity index (χ1n) is 7.33. The molecule has 4 rings (SSSR count). The van der Waals surface area contributed by atoms with E-state index in [1.165, 1.54) is 6.42 Å². The number of aliphatic hydroxyl groups is 1. The van der Waals surface area contributed by atoms with E-state index in [1.54, 1.807) is 7.11 Å². The Morgan fingerprint density at radius 2 is 2.11 bits per heavy atom. The van der Waals surface area contributed by atoms with Gasteiger partial charge in [-0.05, 0) is 44.4 Å². The fourth-order valence-electron chi connectivity index (χ4n) is 4.12. The summed E-state index contributed by atoms with van der Waals surface area (Å²) < 4.78 is 11.6. The molecular weight excluding hydrogens is 248 g/mol. The van der Waals surface area contributed by atoms with Gasteiger partial charge in [0.15, 0.2) is 11.9 Å². The van der Waals surface area contributed by atoms with Crippen molar-refractivity contribution in [2.75, 3.05) is 13.7 Å². The lowest BCUT2D eigenvalue weighted by Gasteiger charge is -2.53. The van der Waals surface area contributed by atoms with Gasteiger partial charge in [-0.25, -0.2) is 9.78 Å². The topological polar surface area (TPSA) is 57.2 Å². The van der Waals surface area contributed by atoms with Crippen molar-refractivity contribution < 1.29 is 24.4 Å². The van der Waals surface area contributed by atoms with Gasteiger partial charge >= 0.3 is 0 Å². The number of aliphatic hydroxyl groups excluding tert-OH is 1. The normalized spacial score (nSPS) is 49.7. The zero-order valence-corrected chi connectivity index (χ0v) is 11.8. The molecule has 0 aromatic rings. The van der Waals surface area contributed by atoms with Crippen LogP contribution in [0.5, 0.6) is 0 Å². The van der Waals surface area contributed by atoms with E-state index in [1.807, 2.05) is 6.92 Å². The predicted octanol–water partition coefficient (Wildman–Crippen LogP) is 1.98. The van der Waals surface area contributed by atoms with Crippen LogP contribution in [-0.2, 0) is 19.2 Å². The molecule has 0 radical (unpaired) electrons. The molecule has 3 heterocycles. The van der Waals surface area contributed by atoms with Gasteiger partial charge in [0.1, 0.15) is 0 Å². The summed E-state index contributed by atoms with van der Waals surface area (Å²) in [5, 5.41) is 9.33. The summed E-state index contributed by atoms with van der Waals surface area (Å²) in [6.45, 7) is 2.07. The Morgan fingerprint density at radius 3 is 2.84 bits per heavy atom. The van der Waals surface area contributed by atoms with Crippen molar-refractivity contribution >= 4 is 0 Å². The summed E-state index contributed by atoms with van der Waals surface area (Å²) in [5.41, 5.74) is -0.550. The number of ether oxygens (including phenoxy) is 2. The molecule has 5 heteroatoms. The molecule has 0 aromatic carbocycles. The Bertz CT molecular complexity index is 325. The molecule has 1 N–H and O–H groups in total. The molecule has 1 spiro atoms. The van der Waals surface area contributed by atoms with Crippen LogP contribution in [0.3, 0.4) is 0 Å². The summed E-state index contributed by atoms with van der Waals surface area (Å²) in [6, 6.07) is 0. The smallest absolute Gasteiger partial charge is 0.201 e. The van der Waals surface area contributed by atoms with Gasteiger partial charge in [0.25, 0.3) is 0 Å². The fraction of sp³-hybridized carbons (Fsp3) is 1.00. The quantitative estimate of drug-likeness (QED) is 0.796. The zero-order chi connectivity index (χ0) is 13.5. The van der Waals surface area contributed by atoms with Gasteiger partial charge < -0.3 is 14.6 Å². The monoisotopic (exact) mass is 272 g/mol. The van der Waals surface area contributed by atoms with E-state index in [2.05, 4.69) is 0 Å². The third kappa shape index (κ3) is 2.03. The van der Waals surface area contributed by atoms with Crippen molar-refractivity contribution in [3.8, 4) is 0 Å². The maximum Gasteiger partial charge on any atom is 0.201 e. The maximum atomic E-state index is 9.33. The van der Waals surface area contributed by atoms with Gasteiger partial charge in [0.2, 0.25) is 5.79 Å². The first-order chi connectivity index (χ1) is 9.14. The van der Waals surface area contributed by atoms with E-state index in [9.17, 15) is 5.11 Å². The number of hydrogen-bond donors (Lipinski definition) is 1. The molecule has 0 unspecified atom stereocenters. The first kappa shape index (κ1) is 13.8. The highest BCUT2D eigenvalue weighted by Crippen LogP contribution is 2.55. The van der Waals surface area contributed by atoms with Crippen molar-refractivity contribution in [1.29, 1.82) is 0 Å². The third-order valence-electron chi connectivity index (χ3n) is 5.11. The molecule has 0 aromatic heterocycles. The van der Waals surface area contributed by atoms with Crippen LogP contribution in [0.4, 0.5) is 0 Å². The molecule has 3 saturated heterocycles. The second-order valence-electron chi connectivity index (χ2n) is 6.22. The zero-order valence-electron chi connectivity index (χ0n) is 11.8. The molecule has 4 fully saturated rings. The third-order valence-corrected chi connectivity index (χ3v) is 5.11. The van der Waals surface area contributed by atoms with E-state index < -0.39 is 17.7 Å². The minimum atomic E-state index is -0.701. The summed E-state index contributed by atoms with van der Waals surface area (Å²) in [5.74, 6) is -0.0940. The number of rotatable bonds is 3. The van der Waals surface area contributed by atoms with Crippen LogP contribution in [0.2, 0.25) is 0 Å². The van der Waals surface area contributed by atoms with Crippen LogP contribution < -0.4 is 0 Å². The van der Waals surface area contributed by atoms with Crippen LogP contribution >= 0.6 is 0 Å². The molecule has 1 saturated carbocycles. The maximum absolute atomic E-state index is 9.33. The summed E-state index contributed by atoms with van der Waals surface area (Å²) >= 11 is 0. The van der Waals surface area contributed by atoms with Crippen molar-refractivity contribution in [1.82, 2.24) is 0 Å². The minimum Gasteiger partial charge on any atom is -0.396 e. The van der Waals surface area contributed by atoms with Gasteiger partial charge in [0, 0.05) is 20.1 Å². The summed E-state index contributed by atoms with van der Waals surface area (Å²) in [7, 11) is 1.66. The Kier molecular flexibility index (Phi) is 3.60. The average molecular weight is 272 g/mol. The van der Waals surface area contributed by atoms with Crippen LogP contribution in [0.1, 0.15) is 45.4 Å². The lowest BCUT2D eigenvalue weighted by Crippen LogP contribution is -2.63. The van der Waals surface area contributed by atoms with Crippen molar-refractivity contribution in [3.05, 3.63) is 0 Å². The molecule has 5 nitrogen and oxygen atoms in total. The summed E-state index contributed by atoms with van der Waals surface area (Å²) in [4.78, 5) is 11.5. The highest BCUT2D eigenvalue weighted by molar-refractivity contribution is 5.03. The molecule has 1 aliphatic carbocycles. The van der Waals surface area contributed by atoms with Crippen molar-refractivity contribution in [3.63, 3.8) is 0 Å². The Labute approximate surface area is 114 Å². The van der Waals surface area contributed by atoms with Crippen LogP contribution in [0, 0.1) is 11.8 Å². The first-order valence-corrected chi connectivity index (χ1v) is 7.33. The molecule has 110 valence electrons. The molecule has 3 aliphatic heterocycles. The highest BCUT2D eigenvalue weighted by atomic mass is 17.3. The van der Waals surface area contributed by atoms with Crippen LogP contribution in [0.15, 0.2) is 0 Å². The SMILES string of the molecule is CO[C@H]1O[C@]2(C)CC[C@H]3CCC[C@H](CCO)[C@]31OO2. The van der Waals surface area contributed by atoms with Crippen LogP contribution in [-0.4, -0.2) is 36.5 Å². The van der Waals surface area contributed by atoms with Gasteiger partial charge in [0.05, 0.1) is 0 Å². The van der Waals surface area contributed by atoms with Gasteiger partial charge in [-0.1, -0.05) is 6.42 Å². The standard InChI is InChI=1S/C14H24O5/c1-13-8-6-10-4-3-5-11(7-9-15)14(10,19-18-13)12(16-2)17-13/h10-12,15H,3-9H2,1-2H3/t10-,11-,12+,13+,14-/m1/s1. The molecule has 5 atom stereocenters. The van der Waals surface area contributed by atoms with E-state index in [0.717, 1.165) is 25.7 Å². The van der Waals surface area contributed by atoms with Gasteiger partial charge in [-0.15, -0.1) is 0 Å². The van der Waals surface area contributed by atoms with Gasteiger partial charge in [-0.2, -0.15) is 0 Å². The number of fused-ring (bicyclic) bond motifs is 3. The van der Waals surface area contributed by atoms with E-state index in [4.69, 9.17) is 19.2 Å². The largest absolute Gasteiger partial charge is 0.396 e. The van der Waals surface area contributed by atoms with Crippen molar-refractivity contribution in [2.45, 2.75) is 63.1 Å². The molecular formula is C14H24O5. The molecule has 4 aliphatic rings. The Balaban J connectivity index is 1.97. The Hall–Kier alpha value is -0.200.